The lowest BCUT2D eigenvalue weighted by Crippen LogP contribution is -2.51. The van der Waals surface area contributed by atoms with Crippen molar-refractivity contribution in [2.75, 3.05) is 13.1 Å². The van der Waals surface area contributed by atoms with Crippen LogP contribution in [-0.4, -0.2) is 62.9 Å². The van der Waals surface area contributed by atoms with Crippen LogP contribution in [0.4, 0.5) is 13.2 Å². The van der Waals surface area contributed by atoms with Gasteiger partial charge in [0.25, 0.3) is 5.56 Å². The maximum Gasteiger partial charge on any atom is 0.391 e. The van der Waals surface area contributed by atoms with Gasteiger partial charge in [0.15, 0.2) is 0 Å². The molecule has 248 valence electrons. The average molecular weight is 631 g/mol. The Balaban J connectivity index is 1.22. The van der Waals surface area contributed by atoms with Crippen LogP contribution in [0.5, 0.6) is 0 Å². The summed E-state index contributed by atoms with van der Waals surface area (Å²) in [7, 11) is 0. The summed E-state index contributed by atoms with van der Waals surface area (Å²) >= 11 is 0. The van der Waals surface area contributed by atoms with Crippen molar-refractivity contribution < 1.29 is 23.1 Å². The molecule has 3 heterocycles. The van der Waals surface area contributed by atoms with Crippen LogP contribution in [0, 0.1) is 24.7 Å². The van der Waals surface area contributed by atoms with Crippen LogP contribution < -0.4 is 10.9 Å². The molecular formula is C35H49F3N4O3. The second-order valence-electron chi connectivity index (χ2n) is 14.6. The fourth-order valence-electron chi connectivity index (χ4n) is 8.85. The van der Waals surface area contributed by atoms with Gasteiger partial charge in [-0.15, -0.1) is 0 Å². The zero-order chi connectivity index (χ0) is 31.9. The number of hydrogen-bond donors (Lipinski definition) is 2. The van der Waals surface area contributed by atoms with Gasteiger partial charge in [-0.1, -0.05) is 26.2 Å². The largest absolute Gasteiger partial charge is 0.393 e. The molecule has 7 nitrogen and oxygen atoms in total. The number of rotatable bonds is 5. The van der Waals surface area contributed by atoms with Crippen LogP contribution in [0.2, 0.25) is 0 Å². The number of carbonyl (C=O) groups is 1. The number of fused-ring (bicyclic) bond motifs is 1. The fraction of sp³-hybridized carbons (Fsp3) is 0.743. The number of aliphatic hydroxyl groups excluding tert-OH is 1. The molecule has 4 fully saturated rings. The van der Waals surface area contributed by atoms with E-state index in [1.807, 2.05) is 29.8 Å². The third-order valence-corrected chi connectivity index (χ3v) is 11.5. The third-order valence-electron chi connectivity index (χ3n) is 11.5. The third kappa shape index (κ3) is 7.11. The SMILES string of the molecule is Cc1cc2c(cn1)cc(C1CC(NC(=O)C3CC(N4CCC(O)CC4)CC(C(F)(F)F)C3)CCC1C)c(=O)n2C1CCCCC1. The first kappa shape index (κ1) is 32.5. The van der Waals surface area contributed by atoms with E-state index >= 15 is 0 Å². The van der Waals surface area contributed by atoms with E-state index in [-0.39, 0.29) is 54.3 Å². The molecule has 0 spiro atoms. The Bertz CT molecular complexity index is 1410. The van der Waals surface area contributed by atoms with Crippen molar-refractivity contribution in [2.45, 2.75) is 134 Å². The number of likely N-dealkylation sites (tertiary alicyclic amines) is 1. The normalized spacial score (nSPS) is 31.2. The summed E-state index contributed by atoms with van der Waals surface area (Å²) < 4.78 is 44.1. The van der Waals surface area contributed by atoms with Crippen LogP contribution in [0.3, 0.4) is 0 Å². The van der Waals surface area contributed by atoms with Gasteiger partial charge in [0.2, 0.25) is 5.91 Å². The number of piperidine rings is 1. The summed E-state index contributed by atoms with van der Waals surface area (Å²) in [5.41, 5.74) is 2.64. The van der Waals surface area contributed by atoms with Crippen molar-refractivity contribution in [3.05, 3.63) is 39.9 Å². The molecule has 2 aromatic heterocycles. The van der Waals surface area contributed by atoms with Crippen LogP contribution in [0.25, 0.3) is 10.9 Å². The van der Waals surface area contributed by atoms with Crippen molar-refractivity contribution >= 4 is 16.8 Å². The summed E-state index contributed by atoms with van der Waals surface area (Å²) in [5.74, 6) is -2.32. The predicted molar refractivity (Wildman–Crippen MR) is 168 cm³/mol. The second kappa shape index (κ2) is 13.3. The summed E-state index contributed by atoms with van der Waals surface area (Å²) in [6, 6.07) is 3.67. The van der Waals surface area contributed by atoms with E-state index in [1.54, 1.807) is 0 Å². The molecule has 1 saturated heterocycles. The van der Waals surface area contributed by atoms with Gasteiger partial charge in [0.05, 0.1) is 17.5 Å². The van der Waals surface area contributed by atoms with Gasteiger partial charge < -0.3 is 19.9 Å². The number of amides is 1. The van der Waals surface area contributed by atoms with Crippen LogP contribution >= 0.6 is 0 Å². The molecule has 4 aliphatic rings. The zero-order valence-corrected chi connectivity index (χ0v) is 26.7. The highest BCUT2D eigenvalue weighted by molar-refractivity contribution is 5.80. The molecule has 6 rings (SSSR count). The summed E-state index contributed by atoms with van der Waals surface area (Å²) in [6.45, 7) is 5.24. The maximum absolute atomic E-state index is 14.3. The van der Waals surface area contributed by atoms with E-state index in [2.05, 4.69) is 22.1 Å². The minimum Gasteiger partial charge on any atom is -0.393 e. The monoisotopic (exact) mass is 630 g/mol. The van der Waals surface area contributed by atoms with Gasteiger partial charge in [0.1, 0.15) is 0 Å². The van der Waals surface area contributed by atoms with Crippen molar-refractivity contribution in [3.8, 4) is 0 Å². The van der Waals surface area contributed by atoms with Crippen molar-refractivity contribution in [2.24, 2.45) is 17.8 Å². The molecule has 0 aromatic carbocycles. The van der Waals surface area contributed by atoms with Gasteiger partial charge in [-0.05, 0) is 95.1 Å². The number of hydrogen-bond acceptors (Lipinski definition) is 5. The van der Waals surface area contributed by atoms with Gasteiger partial charge in [-0.25, -0.2) is 0 Å². The molecule has 2 aromatic rings. The predicted octanol–water partition coefficient (Wildman–Crippen LogP) is 6.40. The molecule has 3 saturated carbocycles. The van der Waals surface area contributed by atoms with Gasteiger partial charge >= 0.3 is 6.18 Å². The number of nitrogens with zero attached hydrogens (tertiary/aromatic N) is 3. The Morgan fingerprint density at radius 1 is 0.956 bits per heavy atom. The molecule has 3 aliphatic carbocycles. The molecule has 10 heteroatoms. The summed E-state index contributed by atoms with van der Waals surface area (Å²) in [4.78, 5) is 34.5. The molecule has 0 radical (unpaired) electrons. The van der Waals surface area contributed by atoms with E-state index in [1.165, 1.54) is 6.42 Å². The quantitative estimate of drug-likeness (QED) is 0.399. The van der Waals surface area contributed by atoms with Crippen molar-refractivity contribution in [3.63, 3.8) is 0 Å². The van der Waals surface area contributed by atoms with Crippen LogP contribution in [0.15, 0.2) is 23.1 Å². The van der Waals surface area contributed by atoms with E-state index in [4.69, 9.17) is 0 Å². The van der Waals surface area contributed by atoms with Crippen LogP contribution in [-0.2, 0) is 4.79 Å². The summed E-state index contributed by atoms with van der Waals surface area (Å²) in [5, 5.41) is 14.0. The Morgan fingerprint density at radius 2 is 1.69 bits per heavy atom. The average Bonchev–Trinajstić information content (AvgIpc) is 3.02. The molecular weight excluding hydrogens is 581 g/mol. The molecule has 6 unspecified atom stereocenters. The lowest BCUT2D eigenvalue weighted by molar-refractivity contribution is -0.192. The number of aromatic nitrogens is 2. The van der Waals surface area contributed by atoms with Crippen molar-refractivity contribution in [1.29, 1.82) is 0 Å². The van der Waals surface area contributed by atoms with Crippen LogP contribution in [0.1, 0.15) is 114 Å². The minimum atomic E-state index is -4.35. The number of halogens is 3. The molecule has 45 heavy (non-hydrogen) atoms. The molecule has 1 amide bonds. The lowest BCUT2D eigenvalue weighted by Gasteiger charge is -2.43. The fourth-order valence-corrected chi connectivity index (χ4v) is 8.85. The first-order chi connectivity index (χ1) is 21.5. The van der Waals surface area contributed by atoms with Gasteiger partial charge in [-0.2, -0.15) is 13.2 Å². The smallest absolute Gasteiger partial charge is 0.391 e. The second-order valence-corrected chi connectivity index (χ2v) is 14.6. The number of aryl methyl sites for hydroxylation is 1. The molecule has 0 bridgehead atoms. The first-order valence-electron chi connectivity index (χ1n) is 17.3. The Hall–Kier alpha value is -2.46. The highest BCUT2D eigenvalue weighted by Gasteiger charge is 2.48. The van der Waals surface area contributed by atoms with Crippen molar-refractivity contribution in [1.82, 2.24) is 19.8 Å². The van der Waals surface area contributed by atoms with E-state index < -0.39 is 24.1 Å². The number of nitrogens with one attached hydrogen (secondary N) is 1. The van der Waals surface area contributed by atoms with E-state index in [9.17, 15) is 27.9 Å². The topological polar surface area (TPSA) is 87.5 Å². The molecule has 2 N–H and O–H groups in total. The highest BCUT2D eigenvalue weighted by Crippen LogP contribution is 2.43. The van der Waals surface area contributed by atoms with Gasteiger partial charge in [-0.3, -0.25) is 14.6 Å². The van der Waals surface area contributed by atoms with Gasteiger partial charge in [0, 0.05) is 60.0 Å². The number of pyridine rings is 2. The molecule has 1 aliphatic heterocycles. The Kier molecular flexibility index (Phi) is 9.63. The maximum atomic E-state index is 14.3. The number of alkyl halides is 3. The Morgan fingerprint density at radius 3 is 2.40 bits per heavy atom. The summed E-state index contributed by atoms with van der Waals surface area (Å²) in [6.07, 6.45) is 6.00. The number of aliphatic hydroxyl groups is 1. The first-order valence-corrected chi connectivity index (χ1v) is 17.3. The minimum absolute atomic E-state index is 0.00993. The highest BCUT2D eigenvalue weighted by atomic mass is 19.4. The number of carbonyl (C=O) groups excluding carboxylic acids is 1. The van der Waals surface area contributed by atoms with E-state index in [0.717, 1.165) is 60.7 Å². The Labute approximate surface area is 264 Å². The standard InChI is InChI=1S/C35H49F3N4O3/c1-21-8-9-26(40-33(44)23-15-25(35(36,37)38)18-28(16-23)41-12-10-29(43)11-13-41)19-30(21)31-17-24-20-39-22(2)14-32(24)42(34(31)45)27-6-4-3-5-7-27/h14,17,20-21,23,25-30,43H,3-13,15-16,18-19H2,1-2H3,(H,40,44). The lowest BCUT2D eigenvalue weighted by atomic mass is 9.73. The van der Waals surface area contributed by atoms with E-state index in [0.29, 0.717) is 38.8 Å². The molecule has 6 atom stereocenters. The zero-order valence-electron chi connectivity index (χ0n) is 26.7.